The molecule has 1 aromatic carbocycles. The molecule has 0 saturated carbocycles. The minimum atomic E-state index is -0.449. The number of anilines is 1. The van der Waals surface area contributed by atoms with Crippen molar-refractivity contribution in [3.63, 3.8) is 0 Å². The Morgan fingerprint density at radius 3 is 2.72 bits per heavy atom. The zero-order valence-electron chi connectivity index (χ0n) is 10.7. The highest BCUT2D eigenvalue weighted by Gasteiger charge is 2.05. The van der Waals surface area contributed by atoms with Crippen LogP contribution >= 0.6 is 0 Å². The van der Waals surface area contributed by atoms with Crippen LogP contribution < -0.4 is 10.6 Å². The van der Waals surface area contributed by atoms with Crippen molar-refractivity contribution in [2.24, 2.45) is 0 Å². The highest BCUT2D eigenvalue weighted by molar-refractivity contribution is 5.91. The summed E-state index contributed by atoms with van der Waals surface area (Å²) < 4.78 is 4.70. The van der Waals surface area contributed by atoms with Crippen LogP contribution in [0.5, 0.6) is 0 Å². The summed E-state index contributed by atoms with van der Waals surface area (Å²) in [6, 6.07) is 7.13. The van der Waals surface area contributed by atoms with Crippen molar-refractivity contribution < 1.29 is 14.3 Å². The van der Waals surface area contributed by atoms with Gasteiger partial charge in [-0.3, -0.25) is 4.79 Å². The Labute approximate surface area is 107 Å². The van der Waals surface area contributed by atoms with Gasteiger partial charge in [-0.25, -0.2) is 4.79 Å². The highest BCUT2D eigenvalue weighted by Crippen LogP contribution is 2.10. The van der Waals surface area contributed by atoms with E-state index >= 15 is 0 Å². The van der Waals surface area contributed by atoms with Crippen LogP contribution in [0.4, 0.5) is 10.5 Å². The molecule has 0 heterocycles. The third kappa shape index (κ3) is 4.86. The van der Waals surface area contributed by atoms with E-state index in [0.717, 1.165) is 12.0 Å². The standard InChI is InChI=1S/C13H18N2O3/c1-3-10-6-5-7-11(8-10)15-13(17)14-9-12(16)18-4-2/h5-8H,3-4,9H2,1-2H3,(H2,14,15,17). The number of esters is 1. The fourth-order valence-corrected chi connectivity index (χ4v) is 1.41. The Hall–Kier alpha value is -2.04. The monoisotopic (exact) mass is 250 g/mol. The third-order valence-electron chi connectivity index (χ3n) is 2.29. The molecule has 0 saturated heterocycles. The van der Waals surface area contributed by atoms with Gasteiger partial charge in [0.15, 0.2) is 0 Å². The maximum Gasteiger partial charge on any atom is 0.325 e. The summed E-state index contributed by atoms with van der Waals surface area (Å²) in [5, 5.41) is 5.08. The number of ether oxygens (including phenoxy) is 1. The second-order valence-corrected chi connectivity index (χ2v) is 3.67. The number of hydrogen-bond acceptors (Lipinski definition) is 3. The van der Waals surface area contributed by atoms with Crippen molar-refractivity contribution in [3.8, 4) is 0 Å². The van der Waals surface area contributed by atoms with E-state index in [1.54, 1.807) is 13.0 Å². The Kier molecular flexibility index (Phi) is 5.70. The lowest BCUT2D eigenvalue weighted by atomic mass is 10.1. The number of aryl methyl sites for hydroxylation is 1. The largest absolute Gasteiger partial charge is 0.465 e. The fraction of sp³-hybridized carbons (Fsp3) is 0.385. The number of urea groups is 1. The second-order valence-electron chi connectivity index (χ2n) is 3.67. The van der Waals surface area contributed by atoms with Crippen LogP contribution in [0, 0.1) is 0 Å². The van der Waals surface area contributed by atoms with Crippen LogP contribution in [0.1, 0.15) is 19.4 Å². The molecule has 0 aromatic heterocycles. The summed E-state index contributed by atoms with van der Waals surface area (Å²) in [4.78, 5) is 22.5. The molecule has 0 aliphatic carbocycles. The van der Waals surface area contributed by atoms with Gasteiger partial charge in [-0.15, -0.1) is 0 Å². The quantitative estimate of drug-likeness (QED) is 0.785. The molecule has 98 valence electrons. The summed E-state index contributed by atoms with van der Waals surface area (Å²) in [7, 11) is 0. The molecule has 2 N–H and O–H groups in total. The Morgan fingerprint density at radius 2 is 2.06 bits per heavy atom. The first-order chi connectivity index (χ1) is 8.65. The first-order valence-electron chi connectivity index (χ1n) is 5.95. The molecule has 0 aliphatic heterocycles. The first kappa shape index (κ1) is 14.0. The zero-order chi connectivity index (χ0) is 13.4. The smallest absolute Gasteiger partial charge is 0.325 e. The predicted octanol–water partition coefficient (Wildman–Crippen LogP) is 1.93. The minimum Gasteiger partial charge on any atom is -0.465 e. The molecule has 5 heteroatoms. The average Bonchev–Trinajstić information content (AvgIpc) is 2.37. The molecular formula is C13H18N2O3. The van der Waals surface area contributed by atoms with Crippen molar-refractivity contribution in [1.82, 2.24) is 5.32 Å². The van der Waals surface area contributed by atoms with Gasteiger partial charge in [-0.05, 0) is 31.0 Å². The number of hydrogen-bond donors (Lipinski definition) is 2. The van der Waals surface area contributed by atoms with E-state index in [1.807, 2.05) is 25.1 Å². The Morgan fingerprint density at radius 1 is 1.28 bits per heavy atom. The number of carbonyl (C=O) groups is 2. The summed E-state index contributed by atoms with van der Waals surface area (Å²) in [5.41, 5.74) is 1.84. The molecule has 0 fully saturated rings. The van der Waals surface area contributed by atoms with E-state index in [2.05, 4.69) is 10.6 Å². The van der Waals surface area contributed by atoms with Crippen LogP contribution in [-0.2, 0) is 16.0 Å². The first-order valence-corrected chi connectivity index (χ1v) is 5.95. The van der Waals surface area contributed by atoms with Crippen molar-refractivity contribution >= 4 is 17.7 Å². The van der Waals surface area contributed by atoms with Gasteiger partial charge in [0.1, 0.15) is 6.54 Å². The molecule has 0 unspecified atom stereocenters. The van der Waals surface area contributed by atoms with E-state index in [0.29, 0.717) is 12.3 Å². The van der Waals surface area contributed by atoms with Crippen molar-refractivity contribution in [2.45, 2.75) is 20.3 Å². The highest BCUT2D eigenvalue weighted by atomic mass is 16.5. The molecule has 0 bridgehead atoms. The average molecular weight is 250 g/mol. The van der Waals surface area contributed by atoms with Crippen molar-refractivity contribution in [1.29, 1.82) is 0 Å². The lowest BCUT2D eigenvalue weighted by Crippen LogP contribution is -2.34. The molecule has 0 aliphatic rings. The van der Waals surface area contributed by atoms with Gasteiger partial charge in [0.05, 0.1) is 6.61 Å². The van der Waals surface area contributed by atoms with Gasteiger partial charge >= 0.3 is 12.0 Å². The lowest BCUT2D eigenvalue weighted by Gasteiger charge is -2.08. The summed E-state index contributed by atoms with van der Waals surface area (Å²) in [6.45, 7) is 3.93. The SMILES string of the molecule is CCOC(=O)CNC(=O)Nc1cccc(CC)c1. The van der Waals surface area contributed by atoms with E-state index in [1.165, 1.54) is 0 Å². The predicted molar refractivity (Wildman–Crippen MR) is 69.5 cm³/mol. The number of benzene rings is 1. The maximum absolute atomic E-state index is 11.5. The Balaban J connectivity index is 2.42. The fourth-order valence-electron chi connectivity index (χ4n) is 1.41. The summed E-state index contributed by atoms with van der Waals surface area (Å²) >= 11 is 0. The van der Waals surface area contributed by atoms with Gasteiger partial charge in [-0.2, -0.15) is 0 Å². The molecule has 1 aromatic rings. The van der Waals surface area contributed by atoms with Gasteiger partial charge in [0.25, 0.3) is 0 Å². The van der Waals surface area contributed by atoms with Crippen molar-refractivity contribution in [2.75, 3.05) is 18.5 Å². The van der Waals surface area contributed by atoms with Gasteiger partial charge in [-0.1, -0.05) is 19.1 Å². The van der Waals surface area contributed by atoms with Crippen LogP contribution in [0.3, 0.4) is 0 Å². The third-order valence-corrected chi connectivity index (χ3v) is 2.29. The van der Waals surface area contributed by atoms with Gasteiger partial charge < -0.3 is 15.4 Å². The molecule has 18 heavy (non-hydrogen) atoms. The second kappa shape index (κ2) is 7.32. The van der Waals surface area contributed by atoms with Gasteiger partial charge in [0.2, 0.25) is 0 Å². The summed E-state index contributed by atoms with van der Waals surface area (Å²) in [6.07, 6.45) is 0.903. The van der Waals surface area contributed by atoms with Crippen LogP contribution in [0.25, 0.3) is 0 Å². The van der Waals surface area contributed by atoms with Crippen molar-refractivity contribution in [3.05, 3.63) is 29.8 Å². The number of rotatable bonds is 5. The minimum absolute atomic E-state index is 0.132. The molecule has 1 rings (SSSR count). The van der Waals surface area contributed by atoms with Crippen LogP contribution in [-0.4, -0.2) is 25.2 Å². The van der Waals surface area contributed by atoms with Gasteiger partial charge in [0, 0.05) is 5.69 Å². The topological polar surface area (TPSA) is 67.4 Å². The number of nitrogens with one attached hydrogen (secondary N) is 2. The Bertz CT molecular complexity index is 418. The molecule has 0 radical (unpaired) electrons. The van der Waals surface area contributed by atoms with Crippen LogP contribution in [0.15, 0.2) is 24.3 Å². The molecule has 0 spiro atoms. The van der Waals surface area contributed by atoms with E-state index in [9.17, 15) is 9.59 Å². The molecular weight excluding hydrogens is 232 g/mol. The van der Waals surface area contributed by atoms with E-state index in [-0.39, 0.29) is 6.54 Å². The zero-order valence-corrected chi connectivity index (χ0v) is 10.7. The normalized spacial score (nSPS) is 9.67. The number of carbonyl (C=O) groups excluding carboxylic acids is 2. The number of amides is 2. The molecule has 5 nitrogen and oxygen atoms in total. The van der Waals surface area contributed by atoms with Crippen LogP contribution in [0.2, 0.25) is 0 Å². The lowest BCUT2D eigenvalue weighted by molar-refractivity contribution is -0.141. The molecule has 2 amide bonds. The maximum atomic E-state index is 11.5. The van der Waals surface area contributed by atoms with E-state index in [4.69, 9.17) is 4.74 Å². The summed E-state index contributed by atoms with van der Waals surface area (Å²) in [5.74, 6) is -0.449. The molecule has 0 atom stereocenters. The van der Waals surface area contributed by atoms with E-state index < -0.39 is 12.0 Å².